The van der Waals surface area contributed by atoms with Crippen molar-refractivity contribution >= 4 is 20.9 Å². The molecule has 1 aromatic carbocycles. The topological polar surface area (TPSA) is 75.3 Å². The predicted octanol–water partition coefficient (Wildman–Crippen LogP) is 3.14. The maximum Gasteiger partial charge on any atom is 0.244 e. The van der Waals surface area contributed by atoms with Gasteiger partial charge >= 0.3 is 0 Å². The predicted molar refractivity (Wildman–Crippen MR) is 99.8 cm³/mol. The summed E-state index contributed by atoms with van der Waals surface area (Å²) in [5.74, 6) is 0.772. The minimum Gasteiger partial charge on any atom is -0.481 e. The van der Waals surface area contributed by atoms with E-state index >= 15 is 0 Å². The molecule has 1 N–H and O–H groups in total. The molecule has 1 aliphatic heterocycles. The summed E-state index contributed by atoms with van der Waals surface area (Å²) in [6.07, 6.45) is 5.04. The second kappa shape index (κ2) is 6.74. The van der Waals surface area contributed by atoms with Crippen molar-refractivity contribution in [2.45, 2.75) is 23.7 Å². The van der Waals surface area contributed by atoms with Crippen molar-refractivity contribution in [3.8, 4) is 5.88 Å². The Balaban J connectivity index is 1.50. The number of piperidine rings is 1. The Bertz CT molecular complexity index is 1000. The van der Waals surface area contributed by atoms with Gasteiger partial charge in [0.15, 0.2) is 0 Å². The van der Waals surface area contributed by atoms with Crippen LogP contribution in [0.4, 0.5) is 0 Å². The molecule has 1 fully saturated rings. The molecule has 4 rings (SSSR count). The van der Waals surface area contributed by atoms with Gasteiger partial charge in [-0.25, -0.2) is 13.4 Å². The number of sulfonamides is 1. The van der Waals surface area contributed by atoms with Crippen molar-refractivity contribution in [1.82, 2.24) is 14.3 Å². The normalized spacial score (nSPS) is 16.8. The SMILES string of the molecule is COc1ccc(S(=O)(=O)N2CCC(c3c[nH]c4ccccc34)CC2)cn1. The summed E-state index contributed by atoms with van der Waals surface area (Å²) in [6.45, 7) is 1.02. The van der Waals surface area contributed by atoms with Gasteiger partial charge < -0.3 is 9.72 Å². The van der Waals surface area contributed by atoms with Crippen molar-refractivity contribution in [2.24, 2.45) is 0 Å². The quantitative estimate of drug-likeness (QED) is 0.764. The first kappa shape index (κ1) is 17.1. The second-order valence-corrected chi connectivity index (χ2v) is 8.44. The van der Waals surface area contributed by atoms with Crippen LogP contribution in [-0.4, -0.2) is 42.9 Å². The number of aromatic nitrogens is 2. The van der Waals surface area contributed by atoms with Crippen LogP contribution in [-0.2, 0) is 10.0 Å². The molecular weight excluding hydrogens is 350 g/mol. The lowest BCUT2D eigenvalue weighted by atomic mass is 9.90. The average Bonchev–Trinajstić information content (AvgIpc) is 3.12. The number of ether oxygens (including phenoxy) is 1. The molecule has 136 valence electrons. The number of H-pyrrole nitrogens is 1. The minimum absolute atomic E-state index is 0.212. The Morgan fingerprint density at radius 3 is 2.62 bits per heavy atom. The molecule has 0 aliphatic carbocycles. The summed E-state index contributed by atoms with van der Waals surface area (Å²) in [4.78, 5) is 7.54. The van der Waals surface area contributed by atoms with Crippen molar-refractivity contribution < 1.29 is 13.2 Å². The smallest absolute Gasteiger partial charge is 0.244 e. The summed E-state index contributed by atoms with van der Waals surface area (Å²) in [6, 6.07) is 11.4. The number of hydrogen-bond acceptors (Lipinski definition) is 4. The van der Waals surface area contributed by atoms with Crippen molar-refractivity contribution in [3.63, 3.8) is 0 Å². The van der Waals surface area contributed by atoms with E-state index in [4.69, 9.17) is 4.74 Å². The van der Waals surface area contributed by atoms with Gasteiger partial charge in [0, 0.05) is 36.3 Å². The lowest BCUT2D eigenvalue weighted by Crippen LogP contribution is -2.37. The molecule has 0 spiro atoms. The molecule has 7 heteroatoms. The lowest BCUT2D eigenvalue weighted by Gasteiger charge is -2.31. The molecule has 0 radical (unpaired) electrons. The van der Waals surface area contributed by atoms with Crippen molar-refractivity contribution in [1.29, 1.82) is 0 Å². The zero-order valence-corrected chi connectivity index (χ0v) is 15.4. The third-order valence-electron chi connectivity index (χ3n) is 5.07. The number of nitrogens with zero attached hydrogens (tertiary/aromatic N) is 2. The molecule has 0 amide bonds. The van der Waals surface area contributed by atoms with E-state index in [-0.39, 0.29) is 4.90 Å². The number of benzene rings is 1. The van der Waals surface area contributed by atoms with E-state index in [1.54, 1.807) is 16.4 Å². The van der Waals surface area contributed by atoms with Gasteiger partial charge in [-0.1, -0.05) is 18.2 Å². The maximum atomic E-state index is 12.8. The monoisotopic (exact) mass is 371 g/mol. The van der Waals surface area contributed by atoms with Crippen molar-refractivity contribution in [3.05, 3.63) is 54.4 Å². The van der Waals surface area contributed by atoms with E-state index in [2.05, 4.69) is 28.3 Å². The molecule has 1 saturated heterocycles. The summed E-state index contributed by atoms with van der Waals surface area (Å²) in [5, 5.41) is 1.23. The van der Waals surface area contributed by atoms with E-state index < -0.39 is 10.0 Å². The van der Waals surface area contributed by atoms with Gasteiger partial charge in [-0.3, -0.25) is 0 Å². The number of para-hydroxylation sites is 1. The van der Waals surface area contributed by atoms with Gasteiger partial charge in [-0.15, -0.1) is 0 Å². The molecular formula is C19H21N3O3S. The van der Waals surface area contributed by atoms with Gasteiger partial charge in [0.25, 0.3) is 0 Å². The van der Waals surface area contributed by atoms with Crippen LogP contribution < -0.4 is 4.74 Å². The van der Waals surface area contributed by atoms with Crippen LogP contribution in [0.2, 0.25) is 0 Å². The van der Waals surface area contributed by atoms with E-state index in [1.165, 1.54) is 24.3 Å². The highest BCUT2D eigenvalue weighted by atomic mass is 32.2. The molecule has 3 heterocycles. The molecule has 1 aliphatic rings. The Hall–Kier alpha value is -2.38. The van der Waals surface area contributed by atoms with E-state index in [0.29, 0.717) is 24.9 Å². The number of nitrogens with one attached hydrogen (secondary N) is 1. The standard InChI is InChI=1S/C19H21N3O3S/c1-25-19-7-6-15(12-21-19)26(23,24)22-10-8-14(9-11-22)17-13-20-18-5-3-2-4-16(17)18/h2-7,12-14,20H,8-11H2,1H3. The third kappa shape index (κ3) is 2.97. The number of rotatable bonds is 4. The lowest BCUT2D eigenvalue weighted by molar-refractivity contribution is 0.320. The van der Waals surface area contributed by atoms with Crippen LogP contribution in [0.3, 0.4) is 0 Å². The average molecular weight is 371 g/mol. The van der Waals surface area contributed by atoms with Crippen LogP contribution in [0.25, 0.3) is 10.9 Å². The minimum atomic E-state index is -3.51. The number of hydrogen-bond donors (Lipinski definition) is 1. The summed E-state index contributed by atoms with van der Waals surface area (Å²) in [7, 11) is -2.01. The largest absolute Gasteiger partial charge is 0.481 e. The Kier molecular flexibility index (Phi) is 4.42. The molecule has 0 atom stereocenters. The summed E-state index contributed by atoms with van der Waals surface area (Å²) in [5.41, 5.74) is 2.41. The summed E-state index contributed by atoms with van der Waals surface area (Å²) < 4.78 is 32.2. The highest BCUT2D eigenvalue weighted by Crippen LogP contribution is 2.34. The first-order chi connectivity index (χ1) is 12.6. The van der Waals surface area contributed by atoms with Gasteiger partial charge in [0.1, 0.15) is 4.90 Å². The Morgan fingerprint density at radius 1 is 1.15 bits per heavy atom. The molecule has 6 nitrogen and oxygen atoms in total. The van der Waals surface area contributed by atoms with Crippen LogP contribution in [0.5, 0.6) is 5.88 Å². The zero-order chi connectivity index (χ0) is 18.1. The van der Waals surface area contributed by atoms with E-state index in [0.717, 1.165) is 18.4 Å². The Morgan fingerprint density at radius 2 is 1.92 bits per heavy atom. The molecule has 3 aromatic rings. The van der Waals surface area contributed by atoms with Gasteiger partial charge in [-0.05, 0) is 36.5 Å². The molecule has 0 bridgehead atoms. The molecule has 0 saturated carbocycles. The molecule has 26 heavy (non-hydrogen) atoms. The Labute approximate surface area is 152 Å². The fourth-order valence-corrected chi connectivity index (χ4v) is 5.04. The van der Waals surface area contributed by atoms with Gasteiger partial charge in [-0.2, -0.15) is 4.31 Å². The van der Waals surface area contributed by atoms with E-state index in [1.807, 2.05) is 12.1 Å². The third-order valence-corrected chi connectivity index (χ3v) is 6.95. The first-order valence-electron chi connectivity index (χ1n) is 8.66. The molecule has 0 unspecified atom stereocenters. The van der Waals surface area contributed by atoms with Crippen LogP contribution in [0.1, 0.15) is 24.3 Å². The van der Waals surface area contributed by atoms with Crippen LogP contribution >= 0.6 is 0 Å². The maximum absolute atomic E-state index is 12.8. The van der Waals surface area contributed by atoms with Gasteiger partial charge in [0.2, 0.25) is 15.9 Å². The number of pyridine rings is 1. The zero-order valence-electron chi connectivity index (χ0n) is 14.6. The van der Waals surface area contributed by atoms with Crippen molar-refractivity contribution in [2.75, 3.05) is 20.2 Å². The number of fused-ring (bicyclic) bond motifs is 1. The fraction of sp³-hybridized carbons (Fsp3) is 0.316. The summed E-state index contributed by atoms with van der Waals surface area (Å²) >= 11 is 0. The fourth-order valence-electron chi connectivity index (χ4n) is 3.63. The second-order valence-electron chi connectivity index (χ2n) is 6.50. The number of methoxy groups -OCH3 is 1. The van der Waals surface area contributed by atoms with Gasteiger partial charge in [0.05, 0.1) is 13.3 Å². The van der Waals surface area contributed by atoms with Crippen LogP contribution in [0, 0.1) is 0 Å². The van der Waals surface area contributed by atoms with Crippen LogP contribution in [0.15, 0.2) is 53.7 Å². The molecule has 2 aromatic heterocycles. The first-order valence-corrected chi connectivity index (χ1v) is 10.1. The highest BCUT2D eigenvalue weighted by molar-refractivity contribution is 7.89. The highest BCUT2D eigenvalue weighted by Gasteiger charge is 2.31. The number of aromatic amines is 1. The van der Waals surface area contributed by atoms with E-state index in [9.17, 15) is 8.42 Å².